The van der Waals surface area contributed by atoms with Crippen molar-refractivity contribution in [3.05, 3.63) is 35.6 Å². The summed E-state index contributed by atoms with van der Waals surface area (Å²) >= 11 is 0. The molecule has 1 aromatic rings. The van der Waals surface area contributed by atoms with E-state index in [1.165, 1.54) is 25.0 Å². The lowest BCUT2D eigenvalue weighted by molar-refractivity contribution is -0.121. The molecule has 0 aliphatic heterocycles. The Morgan fingerprint density at radius 1 is 1.16 bits per heavy atom. The van der Waals surface area contributed by atoms with Crippen LogP contribution in [0.25, 0.3) is 0 Å². The molecule has 1 saturated carbocycles. The fourth-order valence-corrected chi connectivity index (χ4v) is 2.86. The number of guanidine groups is 1. The lowest BCUT2D eigenvalue weighted by atomic mass is 10.1. The second kappa shape index (κ2) is 12.1. The molecule has 0 radical (unpaired) electrons. The van der Waals surface area contributed by atoms with E-state index in [1.807, 2.05) is 0 Å². The Bertz CT molecular complexity index is 545. The van der Waals surface area contributed by atoms with Gasteiger partial charge in [0.2, 0.25) is 5.91 Å². The number of benzene rings is 1. The fourth-order valence-electron chi connectivity index (χ4n) is 2.86. The number of carbonyl (C=O) groups excluding carboxylic acids is 1. The summed E-state index contributed by atoms with van der Waals surface area (Å²) in [5, 5.41) is 9.40. The lowest BCUT2D eigenvalue weighted by Gasteiger charge is -2.14. The summed E-state index contributed by atoms with van der Waals surface area (Å²) in [7, 11) is 1.70. The van der Waals surface area contributed by atoms with Crippen molar-refractivity contribution in [1.82, 2.24) is 16.0 Å². The number of halogens is 2. The maximum atomic E-state index is 12.8. The quantitative estimate of drug-likeness (QED) is 0.332. The highest BCUT2D eigenvalue weighted by molar-refractivity contribution is 14.0. The molecule has 0 heterocycles. The van der Waals surface area contributed by atoms with E-state index >= 15 is 0 Å². The van der Waals surface area contributed by atoms with E-state index in [4.69, 9.17) is 0 Å². The Morgan fingerprint density at radius 2 is 1.80 bits per heavy atom. The second-order valence-electron chi connectivity index (χ2n) is 6.10. The van der Waals surface area contributed by atoms with Crippen LogP contribution in [0.15, 0.2) is 29.3 Å². The first-order valence-electron chi connectivity index (χ1n) is 8.65. The molecule has 0 unspecified atom stereocenters. The molecular formula is C18H28FIN4O. The van der Waals surface area contributed by atoms with Gasteiger partial charge in [0.25, 0.3) is 0 Å². The van der Waals surface area contributed by atoms with E-state index in [0.717, 1.165) is 24.8 Å². The van der Waals surface area contributed by atoms with Crippen LogP contribution in [0.3, 0.4) is 0 Å². The first kappa shape index (κ1) is 21.7. The molecule has 1 aliphatic carbocycles. The molecular weight excluding hydrogens is 434 g/mol. The van der Waals surface area contributed by atoms with Crippen LogP contribution in [0.4, 0.5) is 4.39 Å². The summed E-state index contributed by atoms with van der Waals surface area (Å²) in [5.74, 6) is 0.544. The summed E-state index contributed by atoms with van der Waals surface area (Å²) in [6.07, 6.45) is 5.86. The van der Waals surface area contributed by atoms with E-state index < -0.39 is 0 Å². The van der Waals surface area contributed by atoms with Crippen LogP contribution in [0.1, 0.15) is 37.7 Å². The third-order valence-corrected chi connectivity index (χ3v) is 4.21. The van der Waals surface area contributed by atoms with E-state index in [1.54, 1.807) is 19.2 Å². The number of aliphatic imine (C=N–C) groups is 1. The fraction of sp³-hybridized carbons (Fsp3) is 0.556. The van der Waals surface area contributed by atoms with Crippen LogP contribution >= 0.6 is 24.0 Å². The van der Waals surface area contributed by atoms with Crippen molar-refractivity contribution in [3.8, 4) is 0 Å². The standard InChI is InChI=1S/C18H27FN4O.HI/c1-20-18(21-12-10-14-6-8-15(19)9-7-14)22-13-11-17(24)23-16-4-2-3-5-16;/h6-9,16H,2-5,10-13H2,1H3,(H,23,24)(H2,20,21,22);1H. The molecule has 140 valence electrons. The van der Waals surface area contributed by atoms with Crippen molar-refractivity contribution in [2.75, 3.05) is 20.1 Å². The lowest BCUT2D eigenvalue weighted by Crippen LogP contribution is -2.41. The molecule has 2 rings (SSSR count). The molecule has 0 bridgehead atoms. The van der Waals surface area contributed by atoms with Gasteiger partial charge in [-0.05, 0) is 37.0 Å². The molecule has 0 spiro atoms. The molecule has 0 aromatic heterocycles. The summed E-state index contributed by atoms with van der Waals surface area (Å²) < 4.78 is 12.8. The van der Waals surface area contributed by atoms with Gasteiger partial charge in [0.1, 0.15) is 5.82 Å². The van der Waals surface area contributed by atoms with E-state index in [-0.39, 0.29) is 35.7 Å². The van der Waals surface area contributed by atoms with E-state index in [0.29, 0.717) is 31.5 Å². The van der Waals surface area contributed by atoms with Crippen LogP contribution in [0, 0.1) is 5.82 Å². The van der Waals surface area contributed by atoms with Crippen molar-refractivity contribution >= 4 is 35.8 Å². The largest absolute Gasteiger partial charge is 0.356 e. The van der Waals surface area contributed by atoms with E-state index in [2.05, 4.69) is 20.9 Å². The van der Waals surface area contributed by atoms with Gasteiger partial charge in [-0.3, -0.25) is 9.79 Å². The molecule has 1 amide bonds. The van der Waals surface area contributed by atoms with Crippen LogP contribution in [0.5, 0.6) is 0 Å². The predicted molar refractivity (Wildman–Crippen MR) is 110 cm³/mol. The predicted octanol–water partition coefficient (Wildman–Crippen LogP) is 2.60. The van der Waals surface area contributed by atoms with Crippen LogP contribution in [0.2, 0.25) is 0 Å². The topological polar surface area (TPSA) is 65.5 Å². The maximum Gasteiger partial charge on any atom is 0.221 e. The van der Waals surface area contributed by atoms with Gasteiger partial charge in [0.15, 0.2) is 5.96 Å². The molecule has 1 fully saturated rings. The number of rotatable bonds is 7. The number of hydrogen-bond donors (Lipinski definition) is 3. The van der Waals surface area contributed by atoms with Crippen molar-refractivity contribution in [2.24, 2.45) is 4.99 Å². The smallest absolute Gasteiger partial charge is 0.221 e. The van der Waals surface area contributed by atoms with Crippen molar-refractivity contribution in [2.45, 2.75) is 44.6 Å². The van der Waals surface area contributed by atoms with E-state index in [9.17, 15) is 9.18 Å². The highest BCUT2D eigenvalue weighted by Crippen LogP contribution is 2.17. The average Bonchev–Trinajstić information content (AvgIpc) is 3.08. The van der Waals surface area contributed by atoms with Crippen LogP contribution in [-0.4, -0.2) is 38.0 Å². The minimum atomic E-state index is -0.222. The molecule has 5 nitrogen and oxygen atoms in total. The molecule has 7 heteroatoms. The maximum absolute atomic E-state index is 12.8. The average molecular weight is 462 g/mol. The summed E-state index contributed by atoms with van der Waals surface area (Å²) in [6, 6.07) is 6.85. The molecule has 3 N–H and O–H groups in total. The zero-order chi connectivity index (χ0) is 17.2. The molecule has 0 saturated heterocycles. The monoisotopic (exact) mass is 462 g/mol. The van der Waals surface area contributed by atoms with Crippen LogP contribution < -0.4 is 16.0 Å². The SMILES string of the molecule is CN=C(NCCC(=O)NC1CCCC1)NCCc1ccc(F)cc1.I. The first-order chi connectivity index (χ1) is 11.7. The second-order valence-corrected chi connectivity index (χ2v) is 6.10. The van der Waals surface area contributed by atoms with Gasteiger partial charge in [-0.15, -0.1) is 24.0 Å². The molecule has 1 aliphatic rings. The molecule has 0 atom stereocenters. The Morgan fingerprint density at radius 3 is 2.44 bits per heavy atom. The number of carbonyl (C=O) groups is 1. The highest BCUT2D eigenvalue weighted by atomic mass is 127. The van der Waals surface area contributed by atoms with Gasteiger partial charge in [0.05, 0.1) is 0 Å². The van der Waals surface area contributed by atoms with Crippen molar-refractivity contribution < 1.29 is 9.18 Å². The Kier molecular flexibility index (Phi) is 10.4. The van der Waals surface area contributed by atoms with Crippen molar-refractivity contribution in [3.63, 3.8) is 0 Å². The normalized spacial score (nSPS) is 14.7. The van der Waals surface area contributed by atoms with Crippen molar-refractivity contribution in [1.29, 1.82) is 0 Å². The Labute approximate surface area is 166 Å². The van der Waals surface area contributed by atoms with Crippen LogP contribution in [-0.2, 0) is 11.2 Å². The minimum Gasteiger partial charge on any atom is -0.356 e. The molecule has 25 heavy (non-hydrogen) atoms. The summed E-state index contributed by atoms with van der Waals surface area (Å²) in [4.78, 5) is 16.0. The van der Waals surface area contributed by atoms with Gasteiger partial charge in [-0.2, -0.15) is 0 Å². The zero-order valence-corrected chi connectivity index (χ0v) is 17.0. The first-order valence-corrected chi connectivity index (χ1v) is 8.65. The summed E-state index contributed by atoms with van der Waals surface area (Å²) in [6.45, 7) is 1.24. The van der Waals surface area contributed by atoms with Gasteiger partial charge in [-0.1, -0.05) is 25.0 Å². The third-order valence-electron chi connectivity index (χ3n) is 4.21. The van der Waals surface area contributed by atoms with Gasteiger partial charge < -0.3 is 16.0 Å². The Balaban J connectivity index is 0.00000312. The van der Waals surface area contributed by atoms with Gasteiger partial charge in [0, 0.05) is 32.6 Å². The minimum absolute atomic E-state index is 0. The number of nitrogens with zero attached hydrogens (tertiary/aromatic N) is 1. The van der Waals surface area contributed by atoms with Gasteiger partial charge >= 0.3 is 0 Å². The number of nitrogens with one attached hydrogen (secondary N) is 3. The Hall–Kier alpha value is -1.38. The summed E-state index contributed by atoms with van der Waals surface area (Å²) in [5.41, 5.74) is 1.07. The third kappa shape index (κ3) is 8.51. The molecule has 1 aromatic carbocycles. The number of hydrogen-bond acceptors (Lipinski definition) is 2. The zero-order valence-electron chi connectivity index (χ0n) is 14.7. The number of amides is 1. The van der Waals surface area contributed by atoms with Gasteiger partial charge in [-0.25, -0.2) is 4.39 Å². The highest BCUT2D eigenvalue weighted by Gasteiger charge is 2.16.